The molecule has 0 spiro atoms. The van der Waals surface area contributed by atoms with Gasteiger partial charge in [0.15, 0.2) is 0 Å². The average molecular weight is 401 g/mol. The predicted molar refractivity (Wildman–Crippen MR) is 114 cm³/mol. The van der Waals surface area contributed by atoms with Gasteiger partial charge in [0.2, 0.25) is 0 Å². The van der Waals surface area contributed by atoms with E-state index >= 15 is 0 Å². The minimum atomic E-state index is -0.729. The van der Waals surface area contributed by atoms with Crippen molar-refractivity contribution in [2.45, 2.75) is 44.2 Å². The Balaban J connectivity index is 1.49. The molecule has 1 atom stereocenters. The largest absolute Gasteiger partial charge is 0.480 e. The number of carboxylic acid groups (broad SMARTS) is 1. The average Bonchev–Trinajstić information content (AvgIpc) is 3.20. The van der Waals surface area contributed by atoms with Crippen molar-refractivity contribution in [2.75, 3.05) is 36.9 Å². The second-order valence-corrected chi connectivity index (χ2v) is 8.61. The van der Waals surface area contributed by atoms with Crippen LogP contribution in [0.4, 0.5) is 11.5 Å². The van der Waals surface area contributed by atoms with Crippen LogP contribution in [-0.4, -0.2) is 59.7 Å². The maximum Gasteiger partial charge on any atom is 0.326 e. The zero-order chi connectivity index (χ0) is 19.5. The SMILES string of the molecule is CN1CCC(Nc2ccc(-c3cscc3N3CCCCC3C(=O)O)cn2)CC1. The molecule has 2 aromatic rings. The zero-order valence-corrected chi connectivity index (χ0v) is 17.1. The number of likely N-dealkylation sites (tertiary alicyclic amines) is 1. The molecule has 0 saturated carbocycles. The van der Waals surface area contributed by atoms with Crippen molar-refractivity contribution in [3.05, 3.63) is 29.1 Å². The zero-order valence-electron chi connectivity index (χ0n) is 16.3. The molecule has 2 aromatic heterocycles. The van der Waals surface area contributed by atoms with E-state index in [0.29, 0.717) is 12.5 Å². The Morgan fingerprint density at radius 1 is 1.18 bits per heavy atom. The highest BCUT2D eigenvalue weighted by molar-refractivity contribution is 7.08. The van der Waals surface area contributed by atoms with Crippen molar-refractivity contribution in [2.24, 2.45) is 0 Å². The topological polar surface area (TPSA) is 68.7 Å². The minimum Gasteiger partial charge on any atom is -0.480 e. The fourth-order valence-electron chi connectivity index (χ4n) is 4.21. The summed E-state index contributed by atoms with van der Waals surface area (Å²) in [5, 5.41) is 17.3. The summed E-state index contributed by atoms with van der Waals surface area (Å²) in [7, 11) is 2.17. The number of aliphatic carboxylic acids is 1. The van der Waals surface area contributed by atoms with Gasteiger partial charge >= 0.3 is 5.97 Å². The molecule has 0 bridgehead atoms. The van der Waals surface area contributed by atoms with Gasteiger partial charge in [0, 0.05) is 40.7 Å². The maximum absolute atomic E-state index is 11.7. The number of nitrogens with zero attached hydrogens (tertiary/aromatic N) is 3. The van der Waals surface area contributed by atoms with Gasteiger partial charge < -0.3 is 20.2 Å². The van der Waals surface area contributed by atoms with E-state index in [1.165, 1.54) is 0 Å². The summed E-state index contributed by atoms with van der Waals surface area (Å²) in [5.74, 6) is 0.184. The highest BCUT2D eigenvalue weighted by Crippen LogP contribution is 2.37. The van der Waals surface area contributed by atoms with Crippen molar-refractivity contribution in [1.82, 2.24) is 9.88 Å². The third-order valence-corrected chi connectivity index (χ3v) is 6.61. The molecule has 1 unspecified atom stereocenters. The van der Waals surface area contributed by atoms with Crippen LogP contribution in [0.2, 0.25) is 0 Å². The molecule has 2 saturated heterocycles. The Bertz CT molecular complexity index is 799. The van der Waals surface area contributed by atoms with Gasteiger partial charge in [-0.25, -0.2) is 9.78 Å². The van der Waals surface area contributed by atoms with Crippen molar-refractivity contribution < 1.29 is 9.90 Å². The van der Waals surface area contributed by atoms with Gasteiger partial charge in [-0.1, -0.05) is 0 Å². The molecule has 4 heterocycles. The number of nitrogens with one attached hydrogen (secondary N) is 1. The van der Waals surface area contributed by atoms with E-state index in [1.807, 2.05) is 12.3 Å². The molecule has 0 radical (unpaired) electrons. The Labute approximate surface area is 170 Å². The number of aromatic nitrogens is 1. The molecule has 0 aliphatic carbocycles. The summed E-state index contributed by atoms with van der Waals surface area (Å²) >= 11 is 1.62. The lowest BCUT2D eigenvalue weighted by Crippen LogP contribution is -2.44. The fourth-order valence-corrected chi connectivity index (χ4v) is 5.06. The number of pyridine rings is 1. The summed E-state index contributed by atoms with van der Waals surface area (Å²) in [6, 6.07) is 4.19. The Morgan fingerprint density at radius 2 is 2.00 bits per heavy atom. The van der Waals surface area contributed by atoms with Crippen molar-refractivity contribution >= 4 is 28.8 Å². The first-order valence-electron chi connectivity index (χ1n) is 10.1. The van der Waals surface area contributed by atoms with Crippen LogP contribution in [0.1, 0.15) is 32.1 Å². The number of rotatable bonds is 5. The van der Waals surface area contributed by atoms with E-state index in [1.54, 1.807) is 11.3 Å². The van der Waals surface area contributed by atoms with Crippen LogP contribution in [-0.2, 0) is 4.79 Å². The summed E-state index contributed by atoms with van der Waals surface area (Å²) in [6.45, 7) is 3.03. The molecule has 2 N–H and O–H groups in total. The van der Waals surface area contributed by atoms with Crippen molar-refractivity contribution in [3.8, 4) is 11.1 Å². The van der Waals surface area contributed by atoms with E-state index in [2.05, 4.69) is 44.0 Å². The molecule has 0 aromatic carbocycles. The van der Waals surface area contributed by atoms with Gasteiger partial charge in [0.05, 0.1) is 5.69 Å². The lowest BCUT2D eigenvalue weighted by Gasteiger charge is -2.35. The lowest BCUT2D eigenvalue weighted by atomic mass is 10.00. The second-order valence-electron chi connectivity index (χ2n) is 7.87. The van der Waals surface area contributed by atoms with Gasteiger partial charge in [0.1, 0.15) is 11.9 Å². The minimum absolute atomic E-state index is 0.430. The second kappa shape index (κ2) is 8.49. The molecule has 150 valence electrons. The number of carboxylic acids is 1. The monoisotopic (exact) mass is 400 g/mol. The number of piperidine rings is 2. The first-order chi connectivity index (χ1) is 13.6. The van der Waals surface area contributed by atoms with Crippen LogP contribution in [0.5, 0.6) is 0 Å². The fraction of sp³-hybridized carbons (Fsp3) is 0.524. The van der Waals surface area contributed by atoms with Gasteiger partial charge in [-0.05, 0) is 64.4 Å². The Morgan fingerprint density at radius 3 is 2.71 bits per heavy atom. The predicted octanol–water partition coefficient (Wildman–Crippen LogP) is 3.76. The first kappa shape index (κ1) is 19.2. The highest BCUT2D eigenvalue weighted by atomic mass is 32.1. The van der Waals surface area contributed by atoms with Gasteiger partial charge in [-0.2, -0.15) is 0 Å². The molecule has 2 aliphatic rings. The third-order valence-electron chi connectivity index (χ3n) is 5.88. The van der Waals surface area contributed by atoms with E-state index in [-0.39, 0.29) is 0 Å². The smallest absolute Gasteiger partial charge is 0.326 e. The molecule has 2 aliphatic heterocycles. The summed E-state index contributed by atoms with van der Waals surface area (Å²) in [5.41, 5.74) is 3.14. The summed E-state index contributed by atoms with van der Waals surface area (Å²) < 4.78 is 0. The van der Waals surface area contributed by atoms with Crippen LogP contribution in [0.3, 0.4) is 0 Å². The third kappa shape index (κ3) is 4.15. The Hall–Kier alpha value is -2.12. The molecule has 7 heteroatoms. The Kier molecular flexibility index (Phi) is 5.82. The highest BCUT2D eigenvalue weighted by Gasteiger charge is 2.30. The van der Waals surface area contributed by atoms with Gasteiger partial charge in [-0.15, -0.1) is 11.3 Å². The van der Waals surface area contributed by atoms with Crippen LogP contribution in [0.25, 0.3) is 11.1 Å². The lowest BCUT2D eigenvalue weighted by molar-refractivity contribution is -0.139. The van der Waals surface area contributed by atoms with E-state index in [4.69, 9.17) is 0 Å². The maximum atomic E-state index is 11.7. The van der Waals surface area contributed by atoms with Crippen LogP contribution in [0, 0.1) is 0 Å². The molecule has 28 heavy (non-hydrogen) atoms. The number of anilines is 2. The normalized spacial score (nSPS) is 21.6. The molecular weight excluding hydrogens is 372 g/mol. The molecule has 4 rings (SSSR count). The number of hydrogen-bond acceptors (Lipinski definition) is 6. The summed E-state index contributed by atoms with van der Waals surface area (Å²) in [4.78, 5) is 20.8. The van der Waals surface area contributed by atoms with Crippen LogP contribution in [0.15, 0.2) is 29.1 Å². The number of hydrogen-bond donors (Lipinski definition) is 2. The molecular formula is C21H28N4O2S. The quantitative estimate of drug-likeness (QED) is 0.797. The number of carbonyl (C=O) groups is 1. The van der Waals surface area contributed by atoms with E-state index in [9.17, 15) is 9.90 Å². The molecule has 6 nitrogen and oxygen atoms in total. The van der Waals surface area contributed by atoms with Crippen LogP contribution < -0.4 is 10.2 Å². The molecule has 0 amide bonds. The van der Waals surface area contributed by atoms with Crippen molar-refractivity contribution in [3.63, 3.8) is 0 Å². The number of thiophene rings is 1. The van der Waals surface area contributed by atoms with Gasteiger partial charge in [-0.3, -0.25) is 0 Å². The van der Waals surface area contributed by atoms with Gasteiger partial charge in [0.25, 0.3) is 0 Å². The molecule has 2 fully saturated rings. The van der Waals surface area contributed by atoms with E-state index < -0.39 is 12.0 Å². The summed E-state index contributed by atoms with van der Waals surface area (Å²) in [6.07, 6.45) is 6.91. The van der Waals surface area contributed by atoms with Crippen LogP contribution >= 0.6 is 11.3 Å². The van der Waals surface area contributed by atoms with E-state index in [0.717, 1.165) is 67.9 Å². The van der Waals surface area contributed by atoms with Crippen molar-refractivity contribution in [1.29, 1.82) is 0 Å². The first-order valence-corrected chi connectivity index (χ1v) is 11.0. The standard InChI is InChI=1S/C21H28N4O2S/c1-24-10-7-16(8-11-24)23-20-6-5-15(12-22-20)17-13-28-14-19(17)25-9-3-2-4-18(25)21(26)27/h5-6,12-14,16,18H,2-4,7-11H2,1H3,(H,22,23)(H,26,27).